The van der Waals surface area contributed by atoms with Gasteiger partial charge < -0.3 is 5.32 Å². The maximum absolute atomic E-state index is 3.80. The molecule has 0 aromatic carbocycles. The van der Waals surface area contributed by atoms with Crippen LogP contribution in [0.25, 0.3) is 0 Å². The molecule has 0 amide bonds. The van der Waals surface area contributed by atoms with Crippen LogP contribution in [0.4, 0.5) is 0 Å². The fourth-order valence-electron chi connectivity index (χ4n) is 3.24. The third-order valence-electron chi connectivity index (χ3n) is 4.29. The van der Waals surface area contributed by atoms with Crippen molar-refractivity contribution in [3.05, 3.63) is 36.5 Å². The lowest BCUT2D eigenvalue weighted by Crippen LogP contribution is -2.67. The quantitative estimate of drug-likeness (QED) is 0.749. The summed E-state index contributed by atoms with van der Waals surface area (Å²) in [5.41, 5.74) is 1.79. The summed E-state index contributed by atoms with van der Waals surface area (Å²) in [6.07, 6.45) is 9.61. The van der Waals surface area contributed by atoms with Crippen LogP contribution in [0, 0.1) is 5.92 Å². The second-order valence-corrected chi connectivity index (χ2v) is 5.29. The van der Waals surface area contributed by atoms with Crippen LogP contribution < -0.4 is 5.32 Å². The van der Waals surface area contributed by atoms with Gasteiger partial charge in [0.25, 0.3) is 0 Å². The van der Waals surface area contributed by atoms with E-state index in [4.69, 9.17) is 0 Å². The summed E-state index contributed by atoms with van der Waals surface area (Å²) >= 11 is 0. The average molecular weight is 232 g/mol. The van der Waals surface area contributed by atoms with Crippen LogP contribution >= 0.6 is 0 Å². The van der Waals surface area contributed by atoms with Crippen LogP contribution in [-0.2, 0) is 0 Å². The van der Waals surface area contributed by atoms with Crippen LogP contribution in [0.15, 0.2) is 36.5 Å². The minimum atomic E-state index is 0.432. The summed E-state index contributed by atoms with van der Waals surface area (Å²) < 4.78 is 0. The average Bonchev–Trinajstić information content (AvgIpc) is 2.81. The summed E-state index contributed by atoms with van der Waals surface area (Å²) in [5.74, 6) is 0.827. The molecule has 0 aliphatic carbocycles. The number of nitrogens with zero attached hydrogens (tertiary/aromatic N) is 1. The van der Waals surface area contributed by atoms with Crippen molar-refractivity contribution < 1.29 is 0 Å². The zero-order valence-corrected chi connectivity index (χ0v) is 11.1. The zero-order chi connectivity index (χ0) is 12.3. The Balaban J connectivity index is 2.04. The van der Waals surface area contributed by atoms with Gasteiger partial charge in [-0.25, -0.2) is 0 Å². The van der Waals surface area contributed by atoms with E-state index in [1.54, 1.807) is 0 Å². The summed E-state index contributed by atoms with van der Waals surface area (Å²) in [6, 6.07) is 0. The first-order chi connectivity index (χ1) is 8.23. The molecule has 2 heteroatoms. The lowest BCUT2D eigenvalue weighted by Gasteiger charge is -2.56. The van der Waals surface area contributed by atoms with Crippen molar-refractivity contribution in [2.45, 2.75) is 25.8 Å². The van der Waals surface area contributed by atoms with Gasteiger partial charge in [-0.15, -0.1) is 0 Å². The summed E-state index contributed by atoms with van der Waals surface area (Å²) in [5, 5.41) is 3.51. The van der Waals surface area contributed by atoms with E-state index in [-0.39, 0.29) is 0 Å². The van der Waals surface area contributed by atoms with Gasteiger partial charge in [0, 0.05) is 25.2 Å². The molecule has 2 nitrogen and oxygen atoms in total. The Kier molecular flexibility index (Phi) is 3.85. The summed E-state index contributed by atoms with van der Waals surface area (Å²) in [6.45, 7) is 12.9. The van der Waals surface area contributed by atoms with E-state index >= 15 is 0 Å². The Morgan fingerprint density at radius 1 is 1.59 bits per heavy atom. The van der Waals surface area contributed by atoms with Crippen molar-refractivity contribution in [2.75, 3.05) is 26.2 Å². The summed E-state index contributed by atoms with van der Waals surface area (Å²) in [4.78, 5) is 2.63. The van der Waals surface area contributed by atoms with Gasteiger partial charge >= 0.3 is 0 Å². The van der Waals surface area contributed by atoms with Gasteiger partial charge in [-0.3, -0.25) is 4.90 Å². The fraction of sp³-hybridized carbons (Fsp3) is 0.600. The van der Waals surface area contributed by atoms with Crippen molar-refractivity contribution in [3.8, 4) is 0 Å². The molecule has 2 rings (SSSR count). The minimum Gasteiger partial charge on any atom is -0.315 e. The van der Waals surface area contributed by atoms with Crippen LogP contribution in [0.2, 0.25) is 0 Å². The third-order valence-corrected chi connectivity index (χ3v) is 4.29. The van der Waals surface area contributed by atoms with E-state index in [2.05, 4.69) is 48.9 Å². The molecule has 0 bridgehead atoms. The second-order valence-electron chi connectivity index (χ2n) is 5.29. The molecular weight excluding hydrogens is 208 g/mol. The van der Waals surface area contributed by atoms with E-state index in [1.165, 1.54) is 25.1 Å². The predicted octanol–water partition coefficient (Wildman–Crippen LogP) is 2.36. The highest BCUT2D eigenvalue weighted by molar-refractivity contribution is 5.26. The van der Waals surface area contributed by atoms with Gasteiger partial charge in [-0.2, -0.15) is 0 Å². The Morgan fingerprint density at radius 3 is 2.94 bits per heavy atom. The number of rotatable bonds is 4. The molecule has 1 N–H and O–H groups in total. The predicted molar refractivity (Wildman–Crippen MR) is 74.0 cm³/mol. The van der Waals surface area contributed by atoms with Gasteiger partial charge in [0.05, 0.1) is 0 Å². The van der Waals surface area contributed by atoms with E-state index in [1.807, 2.05) is 6.08 Å². The standard InChI is InChI=1S/C15H24N2/c1-4-6-14(7-5-2)11-17-10-13(3)15(17)8-9-16-12-15/h4-7,13,16H,1,8-12H2,2-3H3/b7-5-,14-6+/t13-,15-/m0/s1. The molecule has 2 saturated heterocycles. The van der Waals surface area contributed by atoms with E-state index in [0.717, 1.165) is 19.0 Å². The second kappa shape index (κ2) is 5.19. The van der Waals surface area contributed by atoms with Crippen molar-refractivity contribution in [2.24, 2.45) is 5.92 Å². The molecule has 1 spiro atoms. The Bertz CT molecular complexity index is 335. The molecule has 2 fully saturated rings. The van der Waals surface area contributed by atoms with E-state index in [9.17, 15) is 0 Å². The fourth-order valence-corrected chi connectivity index (χ4v) is 3.24. The number of allylic oxidation sites excluding steroid dienone is 3. The normalized spacial score (nSPS) is 34.5. The van der Waals surface area contributed by atoms with Gasteiger partial charge in [-0.05, 0) is 31.4 Å². The number of hydrogen-bond donors (Lipinski definition) is 1. The largest absolute Gasteiger partial charge is 0.315 e. The van der Waals surface area contributed by atoms with Gasteiger partial charge in [0.2, 0.25) is 0 Å². The smallest absolute Gasteiger partial charge is 0.0387 e. The highest BCUT2D eigenvalue weighted by Gasteiger charge is 2.51. The molecule has 0 radical (unpaired) electrons. The highest BCUT2D eigenvalue weighted by Crippen LogP contribution is 2.41. The molecular formula is C15H24N2. The SMILES string of the molecule is C=C/C=C(\C=C/C)CN1C[C@H](C)[C@@]12CCNC2. The lowest BCUT2D eigenvalue weighted by atomic mass is 9.74. The molecule has 0 unspecified atom stereocenters. The first kappa shape index (κ1) is 12.6. The van der Waals surface area contributed by atoms with E-state index < -0.39 is 0 Å². The highest BCUT2D eigenvalue weighted by atomic mass is 15.3. The third kappa shape index (κ3) is 2.24. The van der Waals surface area contributed by atoms with Gasteiger partial charge in [0.15, 0.2) is 0 Å². The molecule has 0 aromatic heterocycles. The monoisotopic (exact) mass is 232 g/mol. The molecule has 2 heterocycles. The first-order valence-electron chi connectivity index (χ1n) is 6.63. The van der Waals surface area contributed by atoms with Crippen LogP contribution in [0.3, 0.4) is 0 Å². The zero-order valence-electron chi connectivity index (χ0n) is 11.1. The maximum atomic E-state index is 3.80. The van der Waals surface area contributed by atoms with Crippen LogP contribution in [0.1, 0.15) is 20.3 Å². The van der Waals surface area contributed by atoms with Crippen molar-refractivity contribution >= 4 is 0 Å². The first-order valence-corrected chi connectivity index (χ1v) is 6.63. The molecule has 2 aliphatic rings. The van der Waals surface area contributed by atoms with Gasteiger partial charge in [0.1, 0.15) is 0 Å². The van der Waals surface area contributed by atoms with Crippen molar-refractivity contribution in [1.82, 2.24) is 10.2 Å². The number of likely N-dealkylation sites (tertiary alicyclic amines) is 1. The number of nitrogens with one attached hydrogen (secondary N) is 1. The Hall–Kier alpha value is -0.860. The maximum Gasteiger partial charge on any atom is 0.0387 e. The van der Waals surface area contributed by atoms with Crippen LogP contribution in [-0.4, -0.2) is 36.6 Å². The van der Waals surface area contributed by atoms with Crippen LogP contribution in [0.5, 0.6) is 0 Å². The van der Waals surface area contributed by atoms with Crippen molar-refractivity contribution in [3.63, 3.8) is 0 Å². The molecule has 0 saturated carbocycles. The number of hydrogen-bond acceptors (Lipinski definition) is 2. The summed E-state index contributed by atoms with van der Waals surface area (Å²) in [7, 11) is 0. The molecule has 0 aromatic rings. The minimum absolute atomic E-state index is 0.432. The lowest BCUT2D eigenvalue weighted by molar-refractivity contribution is -0.0510. The molecule has 2 aliphatic heterocycles. The van der Waals surface area contributed by atoms with Crippen molar-refractivity contribution in [1.29, 1.82) is 0 Å². The van der Waals surface area contributed by atoms with E-state index in [0.29, 0.717) is 5.54 Å². The topological polar surface area (TPSA) is 15.3 Å². The Morgan fingerprint density at radius 2 is 2.41 bits per heavy atom. The molecule has 2 atom stereocenters. The van der Waals surface area contributed by atoms with Gasteiger partial charge in [-0.1, -0.05) is 37.8 Å². The molecule has 17 heavy (non-hydrogen) atoms. The molecule has 94 valence electrons. The Labute approximate surface area is 105 Å².